The average molecular weight is 747 g/mol. The Morgan fingerprint density at radius 2 is 1.72 bits per heavy atom. The molecule has 286 valence electrons. The Morgan fingerprint density at radius 3 is 2.35 bits per heavy atom. The summed E-state index contributed by atoms with van der Waals surface area (Å²) in [6.07, 6.45) is -4.17. The third-order valence-corrected chi connectivity index (χ3v) is 10.3. The van der Waals surface area contributed by atoms with Crippen LogP contribution in [-0.2, 0) is 25.3 Å². The van der Waals surface area contributed by atoms with Gasteiger partial charge in [-0.05, 0) is 48.1 Å². The Balaban J connectivity index is 1.36. The first-order chi connectivity index (χ1) is 25.6. The number of halogens is 3. The quantitative estimate of drug-likeness (QED) is 0.154. The van der Waals surface area contributed by atoms with Crippen LogP contribution >= 0.6 is 0 Å². The number of esters is 1. The molecule has 0 radical (unpaired) electrons. The molecule has 2 amide bonds. The van der Waals surface area contributed by atoms with Gasteiger partial charge in [0.15, 0.2) is 0 Å². The van der Waals surface area contributed by atoms with Crippen LogP contribution in [0.15, 0.2) is 78.9 Å². The molecule has 0 unspecified atom stereocenters. The highest BCUT2D eigenvalue weighted by molar-refractivity contribution is 5.96. The third kappa shape index (κ3) is 7.81. The Bertz CT molecular complexity index is 2040. The van der Waals surface area contributed by atoms with E-state index in [9.17, 15) is 27.6 Å². The lowest BCUT2D eigenvalue weighted by molar-refractivity contribution is -0.148. The summed E-state index contributed by atoms with van der Waals surface area (Å²) in [5, 5.41) is 6.65. The number of methoxy groups -OCH3 is 2. The fourth-order valence-electron chi connectivity index (χ4n) is 7.24. The van der Waals surface area contributed by atoms with Gasteiger partial charge in [0.2, 0.25) is 11.8 Å². The van der Waals surface area contributed by atoms with E-state index in [1.165, 1.54) is 24.1 Å². The molecule has 1 aliphatic heterocycles. The van der Waals surface area contributed by atoms with Crippen molar-refractivity contribution in [3.05, 3.63) is 84.4 Å². The number of pyridine rings is 1. The van der Waals surface area contributed by atoms with Gasteiger partial charge in [0.1, 0.15) is 35.2 Å². The van der Waals surface area contributed by atoms with Crippen molar-refractivity contribution in [2.45, 2.75) is 76.9 Å². The van der Waals surface area contributed by atoms with Gasteiger partial charge in [-0.15, -0.1) is 0 Å². The zero-order valence-corrected chi connectivity index (χ0v) is 31.1. The number of anilines is 1. The molecular formula is C41H45F3N4O6. The van der Waals surface area contributed by atoms with Gasteiger partial charge in [-0.1, -0.05) is 70.5 Å². The van der Waals surface area contributed by atoms with Crippen LogP contribution in [0.3, 0.4) is 0 Å². The minimum absolute atomic E-state index is 0.0170. The Labute approximate surface area is 312 Å². The lowest BCUT2D eigenvalue weighted by atomic mass is 9.85. The van der Waals surface area contributed by atoms with Crippen molar-refractivity contribution >= 4 is 34.4 Å². The van der Waals surface area contributed by atoms with E-state index in [0.717, 1.165) is 17.7 Å². The molecule has 2 heterocycles. The number of hydrogen-bond donors (Lipinski definition) is 2. The number of benzene rings is 3. The summed E-state index contributed by atoms with van der Waals surface area (Å²) in [4.78, 5) is 48.2. The summed E-state index contributed by atoms with van der Waals surface area (Å²) >= 11 is 0. The molecule has 1 aliphatic carbocycles. The molecule has 13 heteroatoms. The van der Waals surface area contributed by atoms with Crippen molar-refractivity contribution in [2.75, 3.05) is 26.1 Å². The standard InChI is InChI=1S/C41H45F3N4O6/c1-7-25-22-40(25,38(51)53-6)47-36(49)33-20-29(23-48(33)37(50)35(39(2,3)4)45-27-15-11-14-26(18-27)41(42,43)44)54-34-21-31(24-12-9-8-10-13-24)46-32-19-28(52-5)16-17-30(32)34/h8-19,21,25,29,33,35,45H,7,20,22-23H2,1-6H3,(H,47,49)/t25-,29-,33+,35-,40-/m1/s1. The normalized spacial score (nSPS) is 21.6. The lowest BCUT2D eigenvalue weighted by Gasteiger charge is -2.36. The number of hydrogen-bond acceptors (Lipinski definition) is 8. The number of likely N-dealkylation sites (tertiary alicyclic amines) is 1. The lowest BCUT2D eigenvalue weighted by Crippen LogP contribution is -2.57. The first-order valence-corrected chi connectivity index (χ1v) is 17.9. The summed E-state index contributed by atoms with van der Waals surface area (Å²) in [7, 11) is 2.83. The smallest absolute Gasteiger partial charge is 0.416 e. The van der Waals surface area contributed by atoms with Gasteiger partial charge in [-0.25, -0.2) is 9.78 Å². The molecule has 4 aromatic rings. The van der Waals surface area contributed by atoms with Crippen molar-refractivity contribution in [3.63, 3.8) is 0 Å². The van der Waals surface area contributed by atoms with Crippen molar-refractivity contribution in [1.29, 1.82) is 0 Å². The number of amides is 2. The molecule has 0 bridgehead atoms. The van der Waals surface area contributed by atoms with Crippen LogP contribution in [0.2, 0.25) is 0 Å². The van der Waals surface area contributed by atoms with Gasteiger partial charge in [-0.3, -0.25) is 9.59 Å². The highest BCUT2D eigenvalue weighted by atomic mass is 19.4. The highest BCUT2D eigenvalue weighted by Crippen LogP contribution is 2.47. The van der Waals surface area contributed by atoms with E-state index in [4.69, 9.17) is 19.2 Å². The van der Waals surface area contributed by atoms with Crippen LogP contribution in [-0.4, -0.2) is 72.2 Å². The van der Waals surface area contributed by atoms with Crippen LogP contribution in [0.1, 0.15) is 52.5 Å². The first kappa shape index (κ1) is 38.4. The molecule has 3 aromatic carbocycles. The van der Waals surface area contributed by atoms with E-state index in [-0.39, 0.29) is 24.6 Å². The summed E-state index contributed by atoms with van der Waals surface area (Å²) < 4.78 is 58.1. The van der Waals surface area contributed by atoms with Gasteiger partial charge in [0.05, 0.1) is 37.5 Å². The summed E-state index contributed by atoms with van der Waals surface area (Å²) in [5.41, 5.74) is -0.672. The SMILES string of the molecule is CC[C@@H]1C[C@]1(NC(=O)[C@@H]1C[C@@H](Oc2cc(-c3ccccc3)nc3cc(OC)ccc23)CN1C(=O)[C@@H](Nc1cccc(C(F)(F)F)c1)C(C)(C)C)C(=O)OC. The molecule has 1 saturated carbocycles. The number of aromatic nitrogens is 1. The van der Waals surface area contributed by atoms with Crippen LogP contribution < -0.4 is 20.1 Å². The monoisotopic (exact) mass is 746 g/mol. The molecule has 1 saturated heterocycles. The zero-order valence-electron chi connectivity index (χ0n) is 31.1. The van der Waals surface area contributed by atoms with E-state index < -0.39 is 58.7 Å². The summed E-state index contributed by atoms with van der Waals surface area (Å²) in [6.45, 7) is 7.28. The predicted molar refractivity (Wildman–Crippen MR) is 198 cm³/mol. The highest BCUT2D eigenvalue weighted by Gasteiger charge is 2.62. The third-order valence-electron chi connectivity index (χ3n) is 10.3. The van der Waals surface area contributed by atoms with E-state index in [2.05, 4.69) is 10.6 Å². The molecule has 2 aliphatic rings. The zero-order chi connectivity index (χ0) is 39.0. The maximum absolute atomic E-state index is 14.7. The molecule has 2 fully saturated rings. The van der Waals surface area contributed by atoms with Crippen LogP contribution in [0.4, 0.5) is 18.9 Å². The van der Waals surface area contributed by atoms with Crippen molar-refractivity contribution < 1.29 is 41.8 Å². The second-order valence-electron chi connectivity index (χ2n) is 15.0. The molecule has 1 aromatic heterocycles. The molecule has 0 spiro atoms. The van der Waals surface area contributed by atoms with Gasteiger partial charge in [-0.2, -0.15) is 13.2 Å². The van der Waals surface area contributed by atoms with Gasteiger partial charge >= 0.3 is 12.1 Å². The minimum atomic E-state index is -4.58. The maximum atomic E-state index is 14.7. The number of nitrogens with one attached hydrogen (secondary N) is 2. The second kappa shape index (κ2) is 14.8. The van der Waals surface area contributed by atoms with Gasteiger partial charge < -0.3 is 29.7 Å². The largest absolute Gasteiger partial charge is 0.497 e. The van der Waals surface area contributed by atoms with Gasteiger partial charge in [0, 0.05) is 35.2 Å². The fourth-order valence-corrected chi connectivity index (χ4v) is 7.24. The molecule has 10 nitrogen and oxygen atoms in total. The number of ether oxygens (including phenoxy) is 3. The van der Waals surface area contributed by atoms with Crippen molar-refractivity contribution in [1.82, 2.24) is 15.2 Å². The number of carbonyl (C=O) groups excluding carboxylic acids is 3. The van der Waals surface area contributed by atoms with E-state index in [1.807, 2.05) is 49.4 Å². The summed E-state index contributed by atoms with van der Waals surface area (Å²) in [6, 6.07) is 19.3. The molecule has 2 N–H and O–H groups in total. The van der Waals surface area contributed by atoms with E-state index in [0.29, 0.717) is 40.9 Å². The average Bonchev–Trinajstić information content (AvgIpc) is 3.70. The number of rotatable bonds is 11. The summed E-state index contributed by atoms with van der Waals surface area (Å²) in [5.74, 6) is -0.654. The molecule has 54 heavy (non-hydrogen) atoms. The van der Waals surface area contributed by atoms with Gasteiger partial charge in [0.25, 0.3) is 0 Å². The van der Waals surface area contributed by atoms with Crippen molar-refractivity contribution in [2.24, 2.45) is 11.3 Å². The minimum Gasteiger partial charge on any atom is -0.497 e. The molecule has 5 atom stereocenters. The topological polar surface area (TPSA) is 119 Å². The maximum Gasteiger partial charge on any atom is 0.416 e. The first-order valence-electron chi connectivity index (χ1n) is 17.9. The van der Waals surface area contributed by atoms with Crippen LogP contribution in [0.25, 0.3) is 22.2 Å². The van der Waals surface area contributed by atoms with Crippen LogP contribution in [0, 0.1) is 11.3 Å². The Morgan fingerprint density at radius 1 is 0.981 bits per heavy atom. The number of carbonyl (C=O) groups is 3. The number of fused-ring (bicyclic) bond motifs is 1. The Hall–Kier alpha value is -5.33. The number of alkyl halides is 3. The van der Waals surface area contributed by atoms with Crippen molar-refractivity contribution in [3.8, 4) is 22.8 Å². The number of nitrogens with zero attached hydrogens (tertiary/aromatic N) is 2. The predicted octanol–water partition coefficient (Wildman–Crippen LogP) is 7.26. The second-order valence-corrected chi connectivity index (χ2v) is 15.0. The van der Waals surface area contributed by atoms with E-state index >= 15 is 0 Å². The fraction of sp³-hybridized carbons (Fsp3) is 0.415. The Kier molecular flexibility index (Phi) is 10.5. The molecule has 6 rings (SSSR count). The van der Waals surface area contributed by atoms with E-state index in [1.54, 1.807) is 40.0 Å². The molecular weight excluding hydrogens is 701 g/mol. The van der Waals surface area contributed by atoms with Crippen LogP contribution in [0.5, 0.6) is 11.5 Å².